The molecule has 8 heteroatoms. The van der Waals surface area contributed by atoms with Gasteiger partial charge in [-0.2, -0.15) is 0 Å². The van der Waals surface area contributed by atoms with Crippen molar-refractivity contribution in [3.63, 3.8) is 0 Å². The average Bonchev–Trinajstić information content (AvgIpc) is 2.47. The molecule has 0 aromatic heterocycles. The van der Waals surface area contributed by atoms with Gasteiger partial charge in [0.15, 0.2) is 0 Å². The summed E-state index contributed by atoms with van der Waals surface area (Å²) in [5, 5.41) is 13.9. The second-order valence-electron chi connectivity index (χ2n) is 5.22. The van der Waals surface area contributed by atoms with E-state index < -0.39 is 23.9 Å². The minimum Gasteiger partial charge on any atom is -0.480 e. The monoisotopic (exact) mass is 340 g/mol. The molecule has 1 atom stereocenters. The fourth-order valence-electron chi connectivity index (χ4n) is 2.14. The van der Waals surface area contributed by atoms with Crippen molar-refractivity contribution in [3.05, 3.63) is 29.1 Å². The van der Waals surface area contributed by atoms with Crippen molar-refractivity contribution in [2.24, 2.45) is 0 Å². The lowest BCUT2D eigenvalue weighted by Gasteiger charge is -2.16. The number of carbonyl (C=O) groups is 3. The molecule has 1 aromatic carbocycles. The number of hydrogen-bond acceptors (Lipinski definition) is 4. The first kappa shape index (κ1) is 19.4. The Hall–Kier alpha value is -2.64. The summed E-state index contributed by atoms with van der Waals surface area (Å²) in [6, 6.07) is 1.63. The highest BCUT2D eigenvalue weighted by Gasteiger charge is 2.21. The second kappa shape index (κ2) is 8.85. The highest BCUT2D eigenvalue weighted by Crippen LogP contribution is 2.21. The number of carboxylic acid groups (broad SMARTS) is 1. The predicted octanol–water partition coefficient (Wildman–Crippen LogP) is 2.22. The number of anilines is 1. The van der Waals surface area contributed by atoms with Gasteiger partial charge in [-0.1, -0.05) is 0 Å². The lowest BCUT2D eigenvalue weighted by atomic mass is 9.99. The Kier molecular flexibility index (Phi) is 7.16. The Morgan fingerprint density at radius 2 is 2.00 bits per heavy atom. The maximum absolute atomic E-state index is 13.9. The smallest absolute Gasteiger partial charge is 0.407 e. The fourth-order valence-corrected chi connectivity index (χ4v) is 2.14. The van der Waals surface area contributed by atoms with Crippen LogP contribution in [0.25, 0.3) is 0 Å². The third-order valence-electron chi connectivity index (χ3n) is 3.34. The van der Waals surface area contributed by atoms with E-state index in [4.69, 9.17) is 5.11 Å². The topological polar surface area (TPSA) is 105 Å². The summed E-state index contributed by atoms with van der Waals surface area (Å²) in [6.07, 6.45) is -0.558. The minimum atomic E-state index is -1.21. The Bertz CT molecular complexity index is 633. The van der Waals surface area contributed by atoms with E-state index in [1.807, 2.05) is 0 Å². The van der Waals surface area contributed by atoms with Crippen LogP contribution in [-0.2, 0) is 20.7 Å². The van der Waals surface area contributed by atoms with Crippen LogP contribution in [0.3, 0.4) is 0 Å². The SMILES string of the molecule is CCOC(=O)N[C@@H](CCc1cc(NC(C)=O)cc(F)c1C)C(=O)O. The minimum absolute atomic E-state index is 0.0535. The summed E-state index contributed by atoms with van der Waals surface area (Å²) in [5.74, 6) is -2.04. The first-order valence-corrected chi connectivity index (χ1v) is 7.47. The standard InChI is InChI=1S/C16H21FN2O5/c1-4-24-16(23)19-14(15(21)22)6-5-11-7-12(18-10(3)20)8-13(17)9(11)2/h7-8,14H,4-6H2,1-3H3,(H,18,20)(H,19,23)(H,21,22)/t14-/m0/s1. The van der Waals surface area contributed by atoms with Crippen molar-refractivity contribution >= 4 is 23.7 Å². The molecule has 132 valence electrons. The zero-order valence-corrected chi connectivity index (χ0v) is 13.8. The molecule has 0 saturated heterocycles. The molecule has 1 rings (SSSR count). The molecule has 2 amide bonds. The van der Waals surface area contributed by atoms with Gasteiger partial charge < -0.3 is 20.5 Å². The predicted molar refractivity (Wildman–Crippen MR) is 85.3 cm³/mol. The van der Waals surface area contributed by atoms with Crippen LogP contribution in [-0.4, -0.2) is 35.7 Å². The molecular formula is C16H21FN2O5. The van der Waals surface area contributed by atoms with Gasteiger partial charge in [-0.25, -0.2) is 14.0 Å². The number of aliphatic carboxylic acids is 1. The molecule has 0 unspecified atom stereocenters. The summed E-state index contributed by atoms with van der Waals surface area (Å²) >= 11 is 0. The number of amides is 2. The van der Waals surface area contributed by atoms with Gasteiger partial charge in [0.1, 0.15) is 11.9 Å². The van der Waals surface area contributed by atoms with Crippen LogP contribution in [0.1, 0.15) is 31.4 Å². The fraction of sp³-hybridized carbons (Fsp3) is 0.438. The van der Waals surface area contributed by atoms with Crippen LogP contribution in [0.15, 0.2) is 12.1 Å². The summed E-state index contributed by atoms with van der Waals surface area (Å²) in [6.45, 7) is 4.61. The zero-order valence-electron chi connectivity index (χ0n) is 13.8. The highest BCUT2D eigenvalue weighted by molar-refractivity contribution is 5.88. The Morgan fingerprint density at radius 1 is 1.33 bits per heavy atom. The number of halogens is 1. The molecule has 1 aromatic rings. The molecule has 0 radical (unpaired) electrons. The molecular weight excluding hydrogens is 319 g/mol. The van der Waals surface area contributed by atoms with Gasteiger partial charge in [-0.05, 0) is 49.9 Å². The number of aryl methyl sites for hydroxylation is 1. The van der Waals surface area contributed by atoms with Crippen molar-refractivity contribution in [1.29, 1.82) is 0 Å². The van der Waals surface area contributed by atoms with Crippen LogP contribution in [0.5, 0.6) is 0 Å². The second-order valence-corrected chi connectivity index (χ2v) is 5.22. The van der Waals surface area contributed by atoms with Crippen LogP contribution in [0, 0.1) is 12.7 Å². The number of carboxylic acids is 1. The van der Waals surface area contributed by atoms with Crippen molar-refractivity contribution in [3.8, 4) is 0 Å². The van der Waals surface area contributed by atoms with E-state index in [1.54, 1.807) is 19.9 Å². The van der Waals surface area contributed by atoms with E-state index in [2.05, 4.69) is 15.4 Å². The van der Waals surface area contributed by atoms with Crippen molar-refractivity contribution < 1.29 is 28.6 Å². The molecule has 0 bridgehead atoms. The Morgan fingerprint density at radius 3 is 2.54 bits per heavy atom. The normalized spacial score (nSPS) is 11.5. The number of ether oxygens (including phenoxy) is 1. The summed E-state index contributed by atoms with van der Waals surface area (Å²) < 4.78 is 18.6. The summed E-state index contributed by atoms with van der Waals surface area (Å²) in [4.78, 5) is 33.7. The van der Waals surface area contributed by atoms with Gasteiger partial charge >= 0.3 is 12.1 Å². The maximum atomic E-state index is 13.9. The van der Waals surface area contributed by atoms with E-state index in [0.717, 1.165) is 0 Å². The number of benzene rings is 1. The average molecular weight is 340 g/mol. The number of carbonyl (C=O) groups excluding carboxylic acids is 2. The quantitative estimate of drug-likeness (QED) is 0.706. The molecule has 0 aliphatic rings. The highest BCUT2D eigenvalue weighted by atomic mass is 19.1. The van der Waals surface area contributed by atoms with Gasteiger partial charge in [-0.3, -0.25) is 4.79 Å². The Balaban J connectivity index is 2.86. The van der Waals surface area contributed by atoms with Gasteiger partial charge in [0, 0.05) is 12.6 Å². The molecule has 0 saturated carbocycles. The van der Waals surface area contributed by atoms with E-state index in [1.165, 1.54) is 13.0 Å². The maximum Gasteiger partial charge on any atom is 0.407 e. The molecule has 3 N–H and O–H groups in total. The Labute approximate surface area is 139 Å². The first-order valence-electron chi connectivity index (χ1n) is 7.47. The van der Waals surface area contributed by atoms with Gasteiger partial charge in [0.2, 0.25) is 5.91 Å². The van der Waals surface area contributed by atoms with E-state index >= 15 is 0 Å². The van der Waals surface area contributed by atoms with Crippen LogP contribution < -0.4 is 10.6 Å². The summed E-state index contributed by atoms with van der Waals surface area (Å²) in [5.41, 5.74) is 1.21. The molecule has 0 heterocycles. The van der Waals surface area contributed by atoms with Crippen LogP contribution >= 0.6 is 0 Å². The lowest BCUT2D eigenvalue weighted by molar-refractivity contribution is -0.139. The van der Waals surface area contributed by atoms with Crippen LogP contribution in [0.4, 0.5) is 14.9 Å². The number of nitrogens with one attached hydrogen (secondary N) is 2. The van der Waals surface area contributed by atoms with Crippen LogP contribution in [0.2, 0.25) is 0 Å². The molecule has 7 nitrogen and oxygen atoms in total. The number of rotatable bonds is 7. The molecule has 0 spiro atoms. The van der Waals surface area contributed by atoms with Gasteiger partial charge in [0.25, 0.3) is 0 Å². The molecule has 0 fully saturated rings. The third kappa shape index (κ3) is 5.86. The van der Waals surface area contributed by atoms with E-state index in [9.17, 15) is 18.8 Å². The van der Waals surface area contributed by atoms with E-state index in [0.29, 0.717) is 16.8 Å². The third-order valence-corrected chi connectivity index (χ3v) is 3.34. The van der Waals surface area contributed by atoms with Gasteiger partial charge in [-0.15, -0.1) is 0 Å². The molecule has 0 aliphatic carbocycles. The molecule has 24 heavy (non-hydrogen) atoms. The van der Waals surface area contributed by atoms with E-state index in [-0.39, 0.29) is 25.4 Å². The van der Waals surface area contributed by atoms with Crippen molar-refractivity contribution in [2.45, 2.75) is 39.7 Å². The molecule has 0 aliphatic heterocycles. The zero-order chi connectivity index (χ0) is 18.3. The van der Waals surface area contributed by atoms with Crippen molar-refractivity contribution in [2.75, 3.05) is 11.9 Å². The number of hydrogen-bond donors (Lipinski definition) is 3. The largest absolute Gasteiger partial charge is 0.480 e. The van der Waals surface area contributed by atoms with Crippen molar-refractivity contribution in [1.82, 2.24) is 5.32 Å². The summed E-state index contributed by atoms with van der Waals surface area (Å²) in [7, 11) is 0. The van der Waals surface area contributed by atoms with Gasteiger partial charge in [0.05, 0.1) is 6.61 Å². The lowest BCUT2D eigenvalue weighted by Crippen LogP contribution is -2.41. The number of alkyl carbamates (subject to hydrolysis) is 1. The first-order chi connectivity index (χ1) is 11.2.